The normalized spacial score (nSPS) is 10.7. The Labute approximate surface area is 189 Å². The van der Waals surface area contributed by atoms with E-state index in [1.807, 2.05) is 12.1 Å². The lowest BCUT2D eigenvalue weighted by Gasteiger charge is -2.09. The molecule has 0 aromatic heterocycles. The zero-order chi connectivity index (χ0) is 22.2. The molecule has 0 atom stereocenters. The fourth-order valence-electron chi connectivity index (χ4n) is 3.94. The lowest BCUT2D eigenvalue weighted by molar-refractivity contribution is 0.481. The van der Waals surface area contributed by atoms with E-state index in [1.165, 1.54) is 89.0 Å². The summed E-state index contributed by atoms with van der Waals surface area (Å²) in [5.41, 5.74) is 8.00. The Morgan fingerprint density at radius 1 is 0.742 bits per heavy atom. The van der Waals surface area contributed by atoms with Gasteiger partial charge in [-0.1, -0.05) is 96.1 Å². The van der Waals surface area contributed by atoms with Gasteiger partial charge in [-0.2, -0.15) is 5.26 Å². The molecule has 2 aromatic rings. The lowest BCUT2D eigenvalue weighted by atomic mass is 10.0. The van der Waals surface area contributed by atoms with Crippen molar-refractivity contribution in [1.29, 1.82) is 5.26 Å². The van der Waals surface area contributed by atoms with Gasteiger partial charge in [-0.3, -0.25) is 0 Å². The van der Waals surface area contributed by atoms with Crippen LogP contribution in [0, 0.1) is 11.3 Å². The van der Waals surface area contributed by atoms with Gasteiger partial charge in [0.15, 0.2) is 0 Å². The van der Waals surface area contributed by atoms with Crippen LogP contribution in [0.4, 0.5) is 5.69 Å². The number of unbranched alkanes of at least 4 members (excludes halogenated alkanes) is 12. The number of nitrogens with zero attached hydrogens (tertiary/aromatic N) is 1. The highest BCUT2D eigenvalue weighted by atomic mass is 16.5. The van der Waals surface area contributed by atoms with Crippen LogP contribution in [0.2, 0.25) is 0 Å². The minimum Gasteiger partial charge on any atom is -0.457 e. The number of rotatable bonds is 16. The first-order valence-electron chi connectivity index (χ1n) is 12.3. The quantitative estimate of drug-likeness (QED) is 0.218. The molecule has 2 aromatic carbocycles. The summed E-state index contributed by atoms with van der Waals surface area (Å²) in [5.74, 6) is 1.45. The van der Waals surface area contributed by atoms with Crippen molar-refractivity contribution in [2.24, 2.45) is 0 Å². The fourth-order valence-corrected chi connectivity index (χ4v) is 3.94. The molecule has 0 heterocycles. The first-order valence-corrected chi connectivity index (χ1v) is 12.3. The molecule has 0 amide bonds. The maximum Gasteiger partial charge on any atom is 0.128 e. The molecule has 3 heteroatoms. The van der Waals surface area contributed by atoms with Crippen molar-refractivity contribution in [2.45, 2.75) is 96.8 Å². The van der Waals surface area contributed by atoms with Crippen molar-refractivity contribution in [1.82, 2.24) is 0 Å². The highest BCUT2D eigenvalue weighted by Crippen LogP contribution is 2.26. The number of hydrogen-bond acceptors (Lipinski definition) is 3. The average Bonchev–Trinajstić information content (AvgIpc) is 2.78. The lowest BCUT2D eigenvalue weighted by Crippen LogP contribution is -1.92. The summed E-state index contributed by atoms with van der Waals surface area (Å²) in [6, 6.07) is 15.6. The molecule has 3 nitrogen and oxygen atoms in total. The molecule has 0 bridgehead atoms. The third-order valence-electron chi connectivity index (χ3n) is 5.85. The Morgan fingerprint density at radius 3 is 1.94 bits per heavy atom. The van der Waals surface area contributed by atoms with Gasteiger partial charge in [0.2, 0.25) is 0 Å². The van der Waals surface area contributed by atoms with Crippen LogP contribution in [0.3, 0.4) is 0 Å². The number of ether oxygens (including phenoxy) is 1. The van der Waals surface area contributed by atoms with Gasteiger partial charge < -0.3 is 10.5 Å². The molecule has 31 heavy (non-hydrogen) atoms. The van der Waals surface area contributed by atoms with Crippen molar-refractivity contribution in [3.05, 3.63) is 53.6 Å². The minimum atomic E-state index is 0.445. The Kier molecular flexibility index (Phi) is 12.3. The molecule has 0 fully saturated rings. The van der Waals surface area contributed by atoms with E-state index in [-0.39, 0.29) is 0 Å². The number of nitrogens with two attached hydrogens (primary N) is 1. The van der Waals surface area contributed by atoms with Crippen LogP contribution < -0.4 is 10.5 Å². The van der Waals surface area contributed by atoms with Crippen LogP contribution in [0.5, 0.6) is 11.5 Å². The van der Waals surface area contributed by atoms with Crippen molar-refractivity contribution >= 4 is 5.69 Å². The SMILES string of the molecule is CCCCCCCCCCCCCCCc1cccc(Oc2ccc(N)c(C#N)c2)c1. The van der Waals surface area contributed by atoms with Crippen LogP contribution in [-0.4, -0.2) is 0 Å². The summed E-state index contributed by atoms with van der Waals surface area (Å²) in [5, 5.41) is 9.12. The second-order valence-electron chi connectivity index (χ2n) is 8.60. The Balaban J connectivity index is 1.57. The first-order chi connectivity index (χ1) is 15.2. The van der Waals surface area contributed by atoms with Crippen molar-refractivity contribution in [3.8, 4) is 17.6 Å². The molecule has 0 radical (unpaired) electrons. The number of hydrogen-bond donors (Lipinski definition) is 1. The van der Waals surface area contributed by atoms with Crippen LogP contribution in [0.15, 0.2) is 42.5 Å². The molecular formula is C28H40N2O. The molecule has 168 valence electrons. The monoisotopic (exact) mass is 420 g/mol. The standard InChI is InChI=1S/C28H40N2O/c1-2-3-4-5-6-7-8-9-10-11-12-13-14-16-24-17-15-18-26(21-24)31-27-19-20-28(30)25(22-27)23-29/h15,17-22H,2-14,16,30H2,1H3. The molecule has 0 saturated carbocycles. The van der Waals surface area contributed by atoms with Crippen LogP contribution in [0.25, 0.3) is 0 Å². The second kappa shape index (κ2) is 15.3. The molecule has 0 aliphatic rings. The van der Waals surface area contributed by atoms with Gasteiger partial charge in [0.05, 0.1) is 5.56 Å². The first kappa shape index (κ1) is 24.8. The molecule has 0 spiro atoms. The maximum atomic E-state index is 9.12. The largest absolute Gasteiger partial charge is 0.457 e. The summed E-state index contributed by atoms with van der Waals surface area (Å²) in [6.45, 7) is 2.28. The number of benzene rings is 2. The van der Waals surface area contributed by atoms with Gasteiger partial charge in [-0.25, -0.2) is 0 Å². The predicted molar refractivity (Wildman–Crippen MR) is 131 cm³/mol. The second-order valence-corrected chi connectivity index (χ2v) is 8.60. The number of nitrogen functional groups attached to an aromatic ring is 1. The zero-order valence-corrected chi connectivity index (χ0v) is 19.4. The minimum absolute atomic E-state index is 0.445. The number of nitriles is 1. The van der Waals surface area contributed by atoms with E-state index in [0.717, 1.165) is 12.2 Å². The Hall–Kier alpha value is -2.47. The number of aryl methyl sites for hydroxylation is 1. The Bertz CT molecular complexity index is 794. The smallest absolute Gasteiger partial charge is 0.128 e. The molecular weight excluding hydrogens is 380 g/mol. The van der Waals surface area contributed by atoms with Crippen molar-refractivity contribution in [2.75, 3.05) is 5.73 Å². The molecule has 2 rings (SSSR count). The van der Waals surface area contributed by atoms with Crippen molar-refractivity contribution in [3.63, 3.8) is 0 Å². The number of anilines is 1. The van der Waals surface area contributed by atoms with E-state index in [4.69, 9.17) is 15.7 Å². The van der Waals surface area contributed by atoms with Gasteiger partial charge >= 0.3 is 0 Å². The summed E-state index contributed by atoms with van der Waals surface area (Å²) >= 11 is 0. The van der Waals surface area contributed by atoms with E-state index >= 15 is 0 Å². The summed E-state index contributed by atoms with van der Waals surface area (Å²) in [4.78, 5) is 0. The topological polar surface area (TPSA) is 59.0 Å². The molecule has 0 unspecified atom stereocenters. The molecule has 0 aliphatic heterocycles. The maximum absolute atomic E-state index is 9.12. The highest BCUT2D eigenvalue weighted by Gasteiger charge is 2.04. The third kappa shape index (κ3) is 10.4. The average molecular weight is 421 g/mol. The van der Waals surface area contributed by atoms with Gasteiger partial charge in [0.1, 0.15) is 17.6 Å². The summed E-state index contributed by atoms with van der Waals surface area (Å²) in [6.07, 6.45) is 19.0. The van der Waals surface area contributed by atoms with Gasteiger partial charge in [-0.15, -0.1) is 0 Å². The van der Waals surface area contributed by atoms with Crippen LogP contribution >= 0.6 is 0 Å². The summed E-state index contributed by atoms with van der Waals surface area (Å²) < 4.78 is 5.93. The summed E-state index contributed by atoms with van der Waals surface area (Å²) in [7, 11) is 0. The Morgan fingerprint density at radius 2 is 1.32 bits per heavy atom. The molecule has 0 aliphatic carbocycles. The van der Waals surface area contributed by atoms with Crippen LogP contribution in [0.1, 0.15) is 102 Å². The van der Waals surface area contributed by atoms with E-state index in [0.29, 0.717) is 17.0 Å². The highest BCUT2D eigenvalue weighted by molar-refractivity contribution is 5.57. The van der Waals surface area contributed by atoms with E-state index in [1.54, 1.807) is 18.2 Å². The fraction of sp³-hybridized carbons (Fsp3) is 0.536. The van der Waals surface area contributed by atoms with E-state index in [2.05, 4.69) is 25.1 Å². The van der Waals surface area contributed by atoms with Gasteiger partial charge in [0.25, 0.3) is 0 Å². The molecule has 0 saturated heterocycles. The van der Waals surface area contributed by atoms with E-state index < -0.39 is 0 Å². The third-order valence-corrected chi connectivity index (χ3v) is 5.85. The van der Waals surface area contributed by atoms with Gasteiger partial charge in [0, 0.05) is 11.8 Å². The van der Waals surface area contributed by atoms with Crippen molar-refractivity contribution < 1.29 is 4.74 Å². The molecule has 2 N–H and O–H groups in total. The van der Waals surface area contributed by atoms with Crippen LogP contribution in [-0.2, 0) is 6.42 Å². The predicted octanol–water partition coefficient (Wildman–Crippen LogP) is 8.57. The zero-order valence-electron chi connectivity index (χ0n) is 19.4. The van der Waals surface area contributed by atoms with Gasteiger partial charge in [-0.05, 0) is 42.7 Å². The van der Waals surface area contributed by atoms with E-state index in [9.17, 15) is 0 Å².